The van der Waals surface area contributed by atoms with E-state index in [1.807, 2.05) is 38.1 Å². The van der Waals surface area contributed by atoms with Crippen LogP contribution in [0, 0.1) is 6.92 Å². The average molecular weight is 406 g/mol. The van der Waals surface area contributed by atoms with E-state index in [1.54, 1.807) is 19.2 Å². The molecular formula is C22H29F3N4. The van der Waals surface area contributed by atoms with E-state index in [0.29, 0.717) is 18.7 Å². The lowest BCUT2D eigenvalue weighted by Gasteiger charge is -2.17. The van der Waals surface area contributed by atoms with Crippen molar-refractivity contribution >= 4 is 6.21 Å². The van der Waals surface area contributed by atoms with E-state index in [2.05, 4.69) is 16.7 Å². The predicted molar refractivity (Wildman–Crippen MR) is 113 cm³/mol. The van der Waals surface area contributed by atoms with Gasteiger partial charge in [0.25, 0.3) is 0 Å². The zero-order valence-electron chi connectivity index (χ0n) is 17.2. The highest BCUT2D eigenvalue weighted by Gasteiger charge is 2.35. The Labute approximate surface area is 171 Å². The van der Waals surface area contributed by atoms with Crippen LogP contribution >= 0.6 is 0 Å². The lowest BCUT2D eigenvalue weighted by atomic mass is 10.0. The number of alkyl halides is 3. The number of pyridine rings is 1. The van der Waals surface area contributed by atoms with Crippen LogP contribution in [0.3, 0.4) is 0 Å². The monoisotopic (exact) mass is 406 g/mol. The maximum absolute atomic E-state index is 13.4. The normalized spacial score (nSPS) is 11.1. The second kappa shape index (κ2) is 12.0. The van der Waals surface area contributed by atoms with Gasteiger partial charge in [-0.15, -0.1) is 0 Å². The van der Waals surface area contributed by atoms with Gasteiger partial charge in [0.1, 0.15) is 5.69 Å². The lowest BCUT2D eigenvalue weighted by Crippen LogP contribution is -2.18. The fourth-order valence-corrected chi connectivity index (χ4v) is 2.57. The second-order valence-corrected chi connectivity index (χ2v) is 6.35. The van der Waals surface area contributed by atoms with Gasteiger partial charge in [0, 0.05) is 31.1 Å². The number of aromatic nitrogens is 1. The van der Waals surface area contributed by atoms with Crippen molar-refractivity contribution in [3.8, 4) is 0 Å². The first-order valence-electron chi connectivity index (χ1n) is 9.44. The average Bonchev–Trinajstić information content (AvgIpc) is 2.67. The van der Waals surface area contributed by atoms with E-state index in [-0.39, 0.29) is 12.0 Å². The van der Waals surface area contributed by atoms with Crippen molar-refractivity contribution in [2.45, 2.75) is 39.8 Å². The third-order valence-electron chi connectivity index (χ3n) is 3.90. The summed E-state index contributed by atoms with van der Waals surface area (Å²) < 4.78 is 40.3. The lowest BCUT2D eigenvalue weighted by molar-refractivity contribution is -0.141. The van der Waals surface area contributed by atoms with Crippen molar-refractivity contribution in [1.29, 1.82) is 0 Å². The highest BCUT2D eigenvalue weighted by atomic mass is 19.4. The van der Waals surface area contributed by atoms with Crippen molar-refractivity contribution in [2.75, 3.05) is 13.1 Å². The standard InChI is InChI=1S/C20H22F3N3.C2H7N/c1-4-24-26(5-2)13-12-17-10-11-18(25-19(17)20(21,22)23)14-16-8-6-15(3)7-9-16;1-2-3/h4-11H,2,12-14H2,1,3H3;2-3H2,1H3/b24-4-;. The van der Waals surface area contributed by atoms with Crippen LogP contribution in [0.15, 0.2) is 54.3 Å². The first kappa shape index (κ1) is 24.4. The van der Waals surface area contributed by atoms with Gasteiger partial charge in [0.2, 0.25) is 0 Å². The molecule has 0 saturated carbocycles. The molecule has 0 aliphatic carbocycles. The van der Waals surface area contributed by atoms with Crippen molar-refractivity contribution in [1.82, 2.24) is 9.99 Å². The number of hydrogen-bond acceptors (Lipinski definition) is 4. The molecule has 0 unspecified atom stereocenters. The molecule has 7 heteroatoms. The maximum atomic E-state index is 13.4. The number of hydrazone groups is 1. The summed E-state index contributed by atoms with van der Waals surface area (Å²) in [4.78, 5) is 3.90. The number of aryl methyl sites for hydroxylation is 1. The number of hydrogen-bond donors (Lipinski definition) is 1. The Hall–Kier alpha value is -2.67. The summed E-state index contributed by atoms with van der Waals surface area (Å²) in [6.45, 7) is 10.3. The number of benzene rings is 1. The van der Waals surface area contributed by atoms with E-state index in [0.717, 1.165) is 17.7 Å². The molecule has 2 N–H and O–H groups in total. The summed E-state index contributed by atoms with van der Waals surface area (Å²) in [5.41, 5.74) is 6.61. The van der Waals surface area contributed by atoms with Crippen LogP contribution in [0.2, 0.25) is 0 Å². The molecule has 0 fully saturated rings. The smallest absolute Gasteiger partial charge is 0.331 e. The molecule has 2 aromatic rings. The molecule has 0 aliphatic heterocycles. The molecule has 0 radical (unpaired) electrons. The molecular weight excluding hydrogens is 377 g/mol. The fourth-order valence-electron chi connectivity index (χ4n) is 2.57. The Bertz CT molecular complexity index is 784. The van der Waals surface area contributed by atoms with Gasteiger partial charge in [-0.05, 0) is 44.0 Å². The molecule has 0 amide bonds. The summed E-state index contributed by atoms with van der Waals surface area (Å²) in [6.07, 6.45) is -0.911. The SMILES string of the molecule is C=CN(CCc1ccc(Cc2ccc(C)cc2)nc1C(F)(F)F)/N=C\C.CCN. The van der Waals surface area contributed by atoms with Gasteiger partial charge < -0.3 is 5.73 Å². The summed E-state index contributed by atoms with van der Waals surface area (Å²) >= 11 is 0. The minimum atomic E-state index is -4.49. The van der Waals surface area contributed by atoms with E-state index in [1.165, 1.54) is 17.3 Å². The minimum absolute atomic E-state index is 0.156. The van der Waals surface area contributed by atoms with Crippen LogP contribution in [0.5, 0.6) is 0 Å². The molecule has 1 heterocycles. The molecule has 0 bridgehead atoms. The summed E-state index contributed by atoms with van der Waals surface area (Å²) in [5, 5.41) is 5.52. The van der Waals surface area contributed by atoms with E-state index in [4.69, 9.17) is 5.73 Å². The van der Waals surface area contributed by atoms with Gasteiger partial charge >= 0.3 is 6.18 Å². The molecule has 4 nitrogen and oxygen atoms in total. The molecule has 158 valence electrons. The second-order valence-electron chi connectivity index (χ2n) is 6.35. The Kier molecular flexibility index (Phi) is 10.1. The predicted octanol–water partition coefficient (Wildman–Crippen LogP) is 4.96. The van der Waals surface area contributed by atoms with E-state index < -0.39 is 11.9 Å². The Morgan fingerprint density at radius 2 is 1.79 bits per heavy atom. The van der Waals surface area contributed by atoms with Crippen LogP contribution < -0.4 is 5.73 Å². The summed E-state index contributed by atoms with van der Waals surface area (Å²) in [5.74, 6) is 0. The topological polar surface area (TPSA) is 54.5 Å². The van der Waals surface area contributed by atoms with Gasteiger partial charge in [-0.2, -0.15) is 18.3 Å². The van der Waals surface area contributed by atoms with Crippen LogP contribution in [0.25, 0.3) is 0 Å². The number of nitrogens with two attached hydrogens (primary N) is 1. The van der Waals surface area contributed by atoms with E-state index in [9.17, 15) is 13.2 Å². The third kappa shape index (κ3) is 8.48. The van der Waals surface area contributed by atoms with Gasteiger partial charge in [0.15, 0.2) is 0 Å². The summed E-state index contributed by atoms with van der Waals surface area (Å²) in [7, 11) is 0. The number of nitrogens with zero attached hydrogens (tertiary/aromatic N) is 3. The van der Waals surface area contributed by atoms with Gasteiger partial charge in [0.05, 0.1) is 0 Å². The highest BCUT2D eigenvalue weighted by molar-refractivity contribution is 5.52. The maximum Gasteiger partial charge on any atom is 0.433 e. The van der Waals surface area contributed by atoms with E-state index >= 15 is 0 Å². The highest BCUT2D eigenvalue weighted by Crippen LogP contribution is 2.31. The van der Waals surface area contributed by atoms with Crippen molar-refractivity contribution in [3.63, 3.8) is 0 Å². The Morgan fingerprint density at radius 1 is 1.17 bits per heavy atom. The largest absolute Gasteiger partial charge is 0.433 e. The number of halogens is 3. The first-order chi connectivity index (χ1) is 13.7. The molecule has 2 rings (SSSR count). The zero-order valence-corrected chi connectivity index (χ0v) is 17.2. The molecule has 1 aromatic carbocycles. The molecule has 1 aromatic heterocycles. The molecule has 0 atom stereocenters. The third-order valence-corrected chi connectivity index (χ3v) is 3.90. The van der Waals surface area contributed by atoms with Crippen molar-refractivity contribution in [2.24, 2.45) is 10.8 Å². The van der Waals surface area contributed by atoms with Crippen molar-refractivity contribution in [3.05, 3.63) is 77.3 Å². The molecule has 29 heavy (non-hydrogen) atoms. The zero-order chi connectivity index (χ0) is 21.9. The van der Waals surface area contributed by atoms with Gasteiger partial charge in [-0.1, -0.05) is 49.4 Å². The Morgan fingerprint density at radius 3 is 2.31 bits per heavy atom. The summed E-state index contributed by atoms with van der Waals surface area (Å²) in [6, 6.07) is 10.9. The van der Waals surface area contributed by atoms with Crippen molar-refractivity contribution < 1.29 is 13.2 Å². The van der Waals surface area contributed by atoms with Crippen LogP contribution in [-0.4, -0.2) is 29.3 Å². The molecule has 0 saturated heterocycles. The quantitative estimate of drug-likeness (QED) is 0.522. The fraction of sp³-hybridized carbons (Fsp3) is 0.364. The number of rotatable bonds is 7. The Balaban J connectivity index is 0.00000132. The molecule has 0 spiro atoms. The van der Waals surface area contributed by atoms with Crippen LogP contribution in [0.4, 0.5) is 13.2 Å². The minimum Gasteiger partial charge on any atom is -0.331 e. The van der Waals surface area contributed by atoms with Gasteiger partial charge in [-0.25, -0.2) is 4.98 Å². The van der Waals surface area contributed by atoms with Gasteiger partial charge in [-0.3, -0.25) is 5.01 Å². The first-order valence-corrected chi connectivity index (χ1v) is 9.44. The molecule has 0 aliphatic rings. The van der Waals surface area contributed by atoms with Crippen LogP contribution in [-0.2, 0) is 19.0 Å². The van der Waals surface area contributed by atoms with Crippen LogP contribution in [0.1, 0.15) is 41.9 Å².